The maximum absolute atomic E-state index is 6.41. The van der Waals surface area contributed by atoms with E-state index in [-0.39, 0.29) is 0 Å². The van der Waals surface area contributed by atoms with Crippen molar-refractivity contribution >= 4 is 0 Å². The first-order valence-corrected chi connectivity index (χ1v) is 2.39. The minimum atomic E-state index is 0.341. The Kier molecular flexibility index (Phi) is 5.14. The van der Waals surface area contributed by atoms with Gasteiger partial charge >= 0.3 is 0 Å². The lowest BCUT2D eigenvalue weighted by Crippen LogP contribution is -1.90. The van der Waals surface area contributed by atoms with Gasteiger partial charge in [-0.25, -0.2) is 0 Å². The average Bonchev–Trinajstić information content (AvgIpc) is 1.69. The first-order chi connectivity index (χ1) is 3.41. The standard InChI is InChI=1S/C6H9O/c1-3-5-7-6-4-2/h3,5-6H2,1H3. The van der Waals surface area contributed by atoms with Gasteiger partial charge in [0.05, 0.1) is 0 Å². The van der Waals surface area contributed by atoms with Crippen LogP contribution in [-0.2, 0) is 4.74 Å². The summed E-state index contributed by atoms with van der Waals surface area (Å²) in [5.41, 5.74) is 0. The van der Waals surface area contributed by atoms with E-state index < -0.39 is 0 Å². The summed E-state index contributed by atoms with van der Waals surface area (Å²) >= 11 is 0. The van der Waals surface area contributed by atoms with E-state index in [2.05, 4.69) is 5.92 Å². The third kappa shape index (κ3) is 5.52. The smallest absolute Gasteiger partial charge is 0.108 e. The van der Waals surface area contributed by atoms with Crippen LogP contribution in [0, 0.1) is 12.3 Å². The Bertz CT molecular complexity index is 61.1. The highest BCUT2D eigenvalue weighted by Gasteiger charge is 1.75. The molecule has 1 nitrogen and oxygen atoms in total. The van der Waals surface area contributed by atoms with Gasteiger partial charge in [0.2, 0.25) is 0 Å². The Morgan fingerprint density at radius 2 is 2.43 bits per heavy atom. The Balaban J connectivity index is 2.60. The van der Waals surface area contributed by atoms with E-state index in [1.165, 1.54) is 0 Å². The molecule has 0 saturated carbocycles. The maximum atomic E-state index is 6.41. The second kappa shape index (κ2) is 5.52. The second-order valence-corrected chi connectivity index (χ2v) is 1.23. The van der Waals surface area contributed by atoms with Crippen molar-refractivity contribution in [3.05, 3.63) is 6.42 Å². The molecule has 0 spiro atoms. The molecule has 0 unspecified atom stereocenters. The molecule has 39 valence electrons. The van der Waals surface area contributed by atoms with Crippen LogP contribution in [0.3, 0.4) is 0 Å². The minimum absolute atomic E-state index is 0.341. The Labute approximate surface area is 44.7 Å². The molecule has 0 aliphatic heterocycles. The van der Waals surface area contributed by atoms with Gasteiger partial charge in [0.1, 0.15) is 6.61 Å². The predicted molar refractivity (Wildman–Crippen MR) is 28.2 cm³/mol. The normalized spacial score (nSPS) is 8.00. The lowest BCUT2D eigenvalue weighted by Gasteiger charge is -1.91. The van der Waals surface area contributed by atoms with Crippen LogP contribution in [0.25, 0.3) is 0 Å². The summed E-state index contributed by atoms with van der Waals surface area (Å²) in [5.74, 6) is 2.13. The van der Waals surface area contributed by atoms with Gasteiger partial charge in [0, 0.05) is 6.61 Å². The molecule has 0 bridgehead atoms. The molecule has 0 N–H and O–H groups in total. The molecular formula is C6H9O. The van der Waals surface area contributed by atoms with Crippen LogP contribution in [0.5, 0.6) is 0 Å². The van der Waals surface area contributed by atoms with Crippen LogP contribution in [0.15, 0.2) is 0 Å². The zero-order valence-electron chi connectivity index (χ0n) is 4.53. The lowest BCUT2D eigenvalue weighted by atomic mass is 10.5. The Hall–Kier alpha value is -0.480. The summed E-state index contributed by atoms with van der Waals surface area (Å²) in [5, 5.41) is 0. The number of hydrogen-bond donors (Lipinski definition) is 0. The monoisotopic (exact) mass is 97.1 g/mol. The van der Waals surface area contributed by atoms with Crippen molar-refractivity contribution < 1.29 is 4.74 Å². The van der Waals surface area contributed by atoms with Gasteiger partial charge in [-0.15, -0.1) is 0 Å². The van der Waals surface area contributed by atoms with E-state index in [1.54, 1.807) is 0 Å². The minimum Gasteiger partial charge on any atom is -0.369 e. The van der Waals surface area contributed by atoms with Crippen molar-refractivity contribution in [1.82, 2.24) is 0 Å². The molecule has 0 amide bonds. The van der Waals surface area contributed by atoms with E-state index in [1.807, 2.05) is 6.92 Å². The molecule has 0 aliphatic rings. The third-order valence-corrected chi connectivity index (χ3v) is 0.523. The summed E-state index contributed by atoms with van der Waals surface area (Å²) < 4.78 is 4.83. The van der Waals surface area contributed by atoms with Gasteiger partial charge in [-0.2, -0.15) is 0 Å². The molecule has 0 rings (SSSR count). The molecule has 0 aromatic carbocycles. The van der Waals surface area contributed by atoms with E-state index in [9.17, 15) is 0 Å². The summed E-state index contributed by atoms with van der Waals surface area (Å²) in [4.78, 5) is 0. The van der Waals surface area contributed by atoms with Crippen LogP contribution >= 0.6 is 0 Å². The summed E-state index contributed by atoms with van der Waals surface area (Å²) in [7, 11) is 0. The van der Waals surface area contributed by atoms with Crippen LogP contribution in [0.1, 0.15) is 13.3 Å². The van der Waals surface area contributed by atoms with Crippen LogP contribution in [0.2, 0.25) is 0 Å². The van der Waals surface area contributed by atoms with Crippen molar-refractivity contribution in [2.24, 2.45) is 0 Å². The predicted octanol–water partition coefficient (Wildman–Crippen LogP) is 1.00. The van der Waals surface area contributed by atoms with Crippen molar-refractivity contribution in [2.45, 2.75) is 13.3 Å². The number of rotatable bonds is 3. The van der Waals surface area contributed by atoms with Crippen molar-refractivity contribution in [3.8, 4) is 5.92 Å². The maximum Gasteiger partial charge on any atom is 0.108 e. The van der Waals surface area contributed by atoms with Gasteiger partial charge in [0.25, 0.3) is 0 Å². The lowest BCUT2D eigenvalue weighted by molar-refractivity contribution is 0.168. The third-order valence-electron chi connectivity index (χ3n) is 0.523. The fraction of sp³-hybridized carbons (Fsp3) is 0.667. The van der Waals surface area contributed by atoms with E-state index >= 15 is 0 Å². The first-order valence-electron chi connectivity index (χ1n) is 2.39. The largest absolute Gasteiger partial charge is 0.369 e. The topological polar surface area (TPSA) is 9.23 Å². The van der Waals surface area contributed by atoms with Crippen molar-refractivity contribution in [1.29, 1.82) is 0 Å². The summed E-state index contributed by atoms with van der Waals surface area (Å²) in [6.45, 7) is 3.11. The molecule has 1 radical (unpaired) electrons. The van der Waals surface area contributed by atoms with Crippen molar-refractivity contribution in [2.75, 3.05) is 13.2 Å². The molecule has 0 saturated heterocycles. The summed E-state index contributed by atoms with van der Waals surface area (Å²) in [6, 6.07) is 0. The second-order valence-electron chi connectivity index (χ2n) is 1.23. The first kappa shape index (κ1) is 6.52. The zero-order chi connectivity index (χ0) is 5.54. The van der Waals surface area contributed by atoms with Gasteiger partial charge in [-0.1, -0.05) is 12.8 Å². The van der Waals surface area contributed by atoms with Gasteiger partial charge in [-0.05, 0) is 12.8 Å². The Morgan fingerprint density at radius 3 is 2.86 bits per heavy atom. The van der Waals surface area contributed by atoms with E-state index in [0.717, 1.165) is 13.0 Å². The molecule has 0 heterocycles. The molecule has 0 aliphatic carbocycles. The zero-order valence-corrected chi connectivity index (χ0v) is 4.53. The molecular weight excluding hydrogens is 88.1 g/mol. The molecule has 7 heavy (non-hydrogen) atoms. The fourth-order valence-electron chi connectivity index (χ4n) is 0.268. The molecule has 0 fully saturated rings. The molecule has 0 aromatic rings. The van der Waals surface area contributed by atoms with Crippen LogP contribution in [-0.4, -0.2) is 13.2 Å². The van der Waals surface area contributed by atoms with Crippen LogP contribution < -0.4 is 0 Å². The Morgan fingerprint density at radius 1 is 1.71 bits per heavy atom. The average molecular weight is 97.1 g/mol. The van der Waals surface area contributed by atoms with E-state index in [4.69, 9.17) is 11.2 Å². The van der Waals surface area contributed by atoms with Gasteiger partial charge in [0.15, 0.2) is 0 Å². The van der Waals surface area contributed by atoms with Gasteiger partial charge < -0.3 is 4.74 Å². The quantitative estimate of drug-likeness (QED) is 0.377. The molecule has 1 heteroatoms. The highest BCUT2D eigenvalue weighted by atomic mass is 16.5. The van der Waals surface area contributed by atoms with Crippen molar-refractivity contribution in [3.63, 3.8) is 0 Å². The highest BCUT2D eigenvalue weighted by Crippen LogP contribution is 1.76. The number of ether oxygens (including phenoxy) is 1. The summed E-state index contributed by atoms with van der Waals surface area (Å²) in [6.07, 6.45) is 7.42. The highest BCUT2D eigenvalue weighted by molar-refractivity contribution is 4.73. The van der Waals surface area contributed by atoms with Gasteiger partial charge in [-0.3, -0.25) is 0 Å². The van der Waals surface area contributed by atoms with E-state index in [0.29, 0.717) is 6.61 Å². The number of hydrogen-bond acceptors (Lipinski definition) is 1. The molecule has 0 aromatic heterocycles. The SMILES string of the molecule is [C]#CCOCCC. The van der Waals surface area contributed by atoms with Crippen LogP contribution in [0.4, 0.5) is 0 Å². The molecule has 0 atom stereocenters. The fourth-order valence-corrected chi connectivity index (χ4v) is 0.268.